The molecule has 0 saturated heterocycles. The molecule has 1 aliphatic rings. The molecular formula is C11H12BrF2N. The molecule has 1 aromatic carbocycles. The van der Waals surface area contributed by atoms with Gasteiger partial charge < -0.3 is 5.73 Å². The van der Waals surface area contributed by atoms with Crippen molar-refractivity contribution in [1.29, 1.82) is 0 Å². The van der Waals surface area contributed by atoms with Gasteiger partial charge in [0.05, 0.1) is 4.47 Å². The van der Waals surface area contributed by atoms with Gasteiger partial charge in [-0.2, -0.15) is 0 Å². The van der Waals surface area contributed by atoms with E-state index in [-0.39, 0.29) is 5.54 Å². The van der Waals surface area contributed by atoms with Gasteiger partial charge in [0.25, 0.3) is 0 Å². The zero-order valence-electron chi connectivity index (χ0n) is 8.19. The third-order valence-electron chi connectivity index (χ3n) is 2.85. The van der Waals surface area contributed by atoms with E-state index in [0.29, 0.717) is 16.5 Å². The van der Waals surface area contributed by atoms with E-state index in [2.05, 4.69) is 15.9 Å². The number of hydrogen-bond acceptors (Lipinski definition) is 1. The average Bonchev–Trinajstić information content (AvgIpc) is 2.88. The molecule has 0 radical (unpaired) electrons. The first kappa shape index (κ1) is 11.0. The van der Waals surface area contributed by atoms with E-state index in [0.717, 1.165) is 25.3 Å². The second kappa shape index (κ2) is 3.83. The lowest BCUT2D eigenvalue weighted by atomic mass is 10.0. The maximum absolute atomic E-state index is 13.2. The lowest BCUT2D eigenvalue weighted by molar-refractivity contribution is 0.565. The predicted molar refractivity (Wildman–Crippen MR) is 58.5 cm³/mol. The fraction of sp³-hybridized carbons (Fsp3) is 0.455. The fourth-order valence-corrected chi connectivity index (χ4v) is 2.01. The lowest BCUT2D eigenvalue weighted by Crippen LogP contribution is -2.22. The quantitative estimate of drug-likeness (QED) is 0.843. The first-order valence-corrected chi connectivity index (χ1v) is 5.72. The Bertz CT molecular complexity index is 388. The van der Waals surface area contributed by atoms with Crippen molar-refractivity contribution >= 4 is 15.9 Å². The van der Waals surface area contributed by atoms with Gasteiger partial charge in [0.15, 0.2) is 0 Å². The molecule has 82 valence electrons. The Morgan fingerprint density at radius 1 is 1.33 bits per heavy atom. The molecule has 0 aromatic heterocycles. The minimum Gasteiger partial charge on any atom is -0.325 e. The largest absolute Gasteiger partial charge is 0.325 e. The van der Waals surface area contributed by atoms with Gasteiger partial charge in [-0.1, -0.05) is 0 Å². The number of aryl methyl sites for hydroxylation is 1. The molecule has 2 rings (SSSR count). The van der Waals surface area contributed by atoms with E-state index in [9.17, 15) is 8.78 Å². The molecule has 0 bridgehead atoms. The zero-order chi connectivity index (χ0) is 11.1. The van der Waals surface area contributed by atoms with Crippen LogP contribution in [0.5, 0.6) is 0 Å². The summed E-state index contributed by atoms with van der Waals surface area (Å²) in [6.45, 7) is 0. The van der Waals surface area contributed by atoms with Gasteiger partial charge in [0.2, 0.25) is 0 Å². The van der Waals surface area contributed by atoms with Crippen molar-refractivity contribution in [2.45, 2.75) is 31.2 Å². The Morgan fingerprint density at radius 2 is 2.00 bits per heavy atom. The maximum atomic E-state index is 13.2. The van der Waals surface area contributed by atoms with Crippen LogP contribution < -0.4 is 5.73 Å². The number of hydrogen-bond donors (Lipinski definition) is 1. The summed E-state index contributed by atoms with van der Waals surface area (Å²) >= 11 is 3.12. The van der Waals surface area contributed by atoms with E-state index < -0.39 is 11.6 Å². The summed E-state index contributed by atoms with van der Waals surface area (Å²) in [7, 11) is 0. The van der Waals surface area contributed by atoms with E-state index in [4.69, 9.17) is 5.73 Å². The molecule has 0 atom stereocenters. The van der Waals surface area contributed by atoms with Crippen LogP contribution in [0.15, 0.2) is 16.6 Å². The summed E-state index contributed by atoms with van der Waals surface area (Å²) < 4.78 is 26.5. The second-order valence-corrected chi connectivity index (χ2v) is 5.02. The molecule has 4 heteroatoms. The van der Waals surface area contributed by atoms with Gasteiger partial charge in [-0.25, -0.2) is 8.78 Å². The van der Waals surface area contributed by atoms with E-state index >= 15 is 0 Å². The summed E-state index contributed by atoms with van der Waals surface area (Å²) in [5, 5.41) is 0. The minimum absolute atomic E-state index is 0.0811. The fourth-order valence-electron chi connectivity index (χ4n) is 1.59. The van der Waals surface area contributed by atoms with Gasteiger partial charge >= 0.3 is 0 Å². The van der Waals surface area contributed by atoms with Crippen molar-refractivity contribution in [3.05, 3.63) is 33.8 Å². The Kier molecular flexibility index (Phi) is 2.81. The van der Waals surface area contributed by atoms with Crippen LogP contribution in [0.1, 0.15) is 24.8 Å². The topological polar surface area (TPSA) is 26.0 Å². The highest BCUT2D eigenvalue weighted by atomic mass is 79.9. The monoisotopic (exact) mass is 275 g/mol. The molecule has 1 aromatic rings. The highest BCUT2D eigenvalue weighted by Gasteiger charge is 2.37. The van der Waals surface area contributed by atoms with Crippen LogP contribution in [0.2, 0.25) is 0 Å². The molecular weight excluding hydrogens is 264 g/mol. The van der Waals surface area contributed by atoms with Crippen molar-refractivity contribution in [1.82, 2.24) is 0 Å². The van der Waals surface area contributed by atoms with Crippen molar-refractivity contribution in [3.8, 4) is 0 Å². The normalized spacial score (nSPS) is 17.9. The Hall–Kier alpha value is -0.480. The number of rotatable bonds is 3. The summed E-state index contributed by atoms with van der Waals surface area (Å²) in [5.41, 5.74) is 6.49. The second-order valence-electron chi connectivity index (χ2n) is 4.22. The van der Waals surface area contributed by atoms with Gasteiger partial charge in [-0.05, 0) is 53.2 Å². The van der Waals surface area contributed by atoms with Crippen molar-refractivity contribution in [2.24, 2.45) is 5.73 Å². The van der Waals surface area contributed by atoms with Crippen LogP contribution in [0, 0.1) is 11.6 Å². The number of benzene rings is 1. The molecule has 0 amide bonds. The Balaban J connectivity index is 2.13. The summed E-state index contributed by atoms with van der Waals surface area (Å²) in [5.74, 6) is -1.08. The minimum atomic E-state index is -0.549. The molecule has 0 aliphatic heterocycles. The molecule has 1 fully saturated rings. The molecule has 0 spiro atoms. The van der Waals surface area contributed by atoms with Gasteiger partial charge in [0.1, 0.15) is 11.6 Å². The molecule has 0 unspecified atom stereocenters. The standard InChI is InChI=1S/C11H12BrF2N/c12-10-7(1-2-11(15)3-4-11)5-8(13)6-9(10)14/h5-6H,1-4,15H2. The first-order valence-electron chi connectivity index (χ1n) is 4.92. The Labute approximate surface area is 95.8 Å². The third kappa shape index (κ3) is 2.55. The smallest absolute Gasteiger partial charge is 0.140 e. The molecule has 1 nitrogen and oxygen atoms in total. The average molecular weight is 276 g/mol. The van der Waals surface area contributed by atoms with Crippen molar-refractivity contribution < 1.29 is 8.78 Å². The molecule has 15 heavy (non-hydrogen) atoms. The third-order valence-corrected chi connectivity index (χ3v) is 3.74. The van der Waals surface area contributed by atoms with E-state index in [1.807, 2.05) is 0 Å². The Morgan fingerprint density at radius 3 is 2.60 bits per heavy atom. The van der Waals surface area contributed by atoms with Crippen LogP contribution in [0.4, 0.5) is 8.78 Å². The lowest BCUT2D eigenvalue weighted by Gasteiger charge is -2.10. The van der Waals surface area contributed by atoms with E-state index in [1.54, 1.807) is 0 Å². The first-order chi connectivity index (χ1) is 7.00. The summed E-state index contributed by atoms with van der Waals surface area (Å²) in [4.78, 5) is 0. The highest BCUT2D eigenvalue weighted by molar-refractivity contribution is 9.10. The zero-order valence-corrected chi connectivity index (χ0v) is 9.78. The summed E-state index contributed by atoms with van der Waals surface area (Å²) in [6, 6.07) is 2.24. The van der Waals surface area contributed by atoms with Gasteiger partial charge in [0, 0.05) is 11.6 Å². The number of nitrogens with two attached hydrogens (primary N) is 1. The van der Waals surface area contributed by atoms with Crippen LogP contribution in [-0.4, -0.2) is 5.54 Å². The summed E-state index contributed by atoms with van der Waals surface area (Å²) in [6.07, 6.45) is 3.44. The molecule has 2 N–H and O–H groups in total. The van der Waals surface area contributed by atoms with Crippen molar-refractivity contribution in [3.63, 3.8) is 0 Å². The van der Waals surface area contributed by atoms with E-state index in [1.165, 1.54) is 6.07 Å². The van der Waals surface area contributed by atoms with Crippen LogP contribution >= 0.6 is 15.9 Å². The maximum Gasteiger partial charge on any atom is 0.140 e. The molecule has 1 aliphatic carbocycles. The van der Waals surface area contributed by atoms with Gasteiger partial charge in [-0.15, -0.1) is 0 Å². The van der Waals surface area contributed by atoms with Gasteiger partial charge in [-0.3, -0.25) is 0 Å². The predicted octanol–water partition coefficient (Wildman–Crippen LogP) is 3.15. The van der Waals surface area contributed by atoms with Crippen LogP contribution in [0.25, 0.3) is 0 Å². The van der Waals surface area contributed by atoms with Crippen molar-refractivity contribution in [2.75, 3.05) is 0 Å². The van der Waals surface area contributed by atoms with Crippen LogP contribution in [0.3, 0.4) is 0 Å². The SMILES string of the molecule is NC1(CCc2cc(F)cc(F)c2Br)CC1. The molecule has 1 saturated carbocycles. The van der Waals surface area contributed by atoms with Crippen LogP contribution in [-0.2, 0) is 6.42 Å². The molecule has 0 heterocycles. The highest BCUT2D eigenvalue weighted by Crippen LogP contribution is 2.37. The number of halogens is 3.